The third-order valence-corrected chi connectivity index (χ3v) is 2.11. The second-order valence-electron chi connectivity index (χ2n) is 2.55. The molecule has 1 rings (SSSR count). The summed E-state index contributed by atoms with van der Waals surface area (Å²) in [5.74, 6) is 0. The lowest BCUT2D eigenvalue weighted by atomic mass is 10.3. The summed E-state index contributed by atoms with van der Waals surface area (Å²) in [4.78, 5) is 0. The molecule has 0 atom stereocenters. The number of allylic oxidation sites excluding steroid dienone is 1. The Hall–Kier alpha value is -1.68. The SMILES string of the molecule is N#CC(C#N)=CNc1cc(Cl)ccc1Cl. The molecule has 0 radical (unpaired) electrons. The fraction of sp³-hybridized carbons (Fsp3) is 0. The fourth-order valence-electron chi connectivity index (χ4n) is 0.848. The Morgan fingerprint density at radius 2 is 1.93 bits per heavy atom. The Morgan fingerprint density at radius 1 is 1.27 bits per heavy atom. The summed E-state index contributed by atoms with van der Waals surface area (Å²) in [6.45, 7) is 0. The van der Waals surface area contributed by atoms with Crippen LogP contribution in [0.15, 0.2) is 30.0 Å². The number of anilines is 1. The number of rotatable bonds is 2. The average molecular weight is 238 g/mol. The van der Waals surface area contributed by atoms with Gasteiger partial charge in [0.25, 0.3) is 0 Å². The highest BCUT2D eigenvalue weighted by atomic mass is 35.5. The number of hydrogen-bond acceptors (Lipinski definition) is 3. The second-order valence-corrected chi connectivity index (χ2v) is 3.39. The number of nitriles is 2. The van der Waals surface area contributed by atoms with Gasteiger partial charge in [0.2, 0.25) is 0 Å². The number of nitrogens with one attached hydrogen (secondary N) is 1. The Bertz CT molecular complexity index is 464. The molecule has 0 spiro atoms. The largest absolute Gasteiger partial charge is 0.359 e. The first-order valence-corrected chi connectivity index (χ1v) is 4.65. The van der Waals surface area contributed by atoms with Crippen molar-refractivity contribution in [1.29, 1.82) is 10.5 Å². The normalized spacial score (nSPS) is 8.53. The molecule has 0 aliphatic heterocycles. The van der Waals surface area contributed by atoms with Crippen molar-refractivity contribution in [2.75, 3.05) is 5.32 Å². The Kier molecular flexibility index (Phi) is 4.00. The van der Waals surface area contributed by atoms with E-state index in [4.69, 9.17) is 33.7 Å². The summed E-state index contributed by atoms with van der Waals surface area (Å²) in [7, 11) is 0. The molecule has 0 unspecified atom stereocenters. The molecule has 0 aromatic heterocycles. The Morgan fingerprint density at radius 3 is 2.53 bits per heavy atom. The molecule has 0 saturated heterocycles. The van der Waals surface area contributed by atoms with E-state index in [2.05, 4.69) is 5.32 Å². The van der Waals surface area contributed by atoms with Crippen LogP contribution in [-0.4, -0.2) is 0 Å². The van der Waals surface area contributed by atoms with Crippen LogP contribution in [0.1, 0.15) is 0 Å². The van der Waals surface area contributed by atoms with Crippen molar-refractivity contribution < 1.29 is 0 Å². The number of halogens is 2. The molecular formula is C10H5Cl2N3. The molecule has 0 aliphatic rings. The molecule has 0 amide bonds. The van der Waals surface area contributed by atoms with Gasteiger partial charge in [-0.1, -0.05) is 23.2 Å². The first-order chi connectivity index (χ1) is 7.17. The molecule has 0 fully saturated rings. The van der Waals surface area contributed by atoms with E-state index >= 15 is 0 Å². The van der Waals surface area contributed by atoms with Crippen LogP contribution in [0.3, 0.4) is 0 Å². The van der Waals surface area contributed by atoms with Gasteiger partial charge in [0.05, 0.1) is 10.7 Å². The first kappa shape index (κ1) is 11.4. The molecule has 74 valence electrons. The van der Waals surface area contributed by atoms with Crippen LogP contribution in [0, 0.1) is 22.7 Å². The molecular weight excluding hydrogens is 233 g/mol. The van der Waals surface area contributed by atoms with Crippen molar-refractivity contribution in [3.05, 3.63) is 40.0 Å². The molecule has 0 saturated carbocycles. The number of benzene rings is 1. The standard InChI is InChI=1S/C10H5Cl2N3/c11-8-1-2-9(12)10(3-8)15-6-7(4-13)5-14/h1-3,6,15H. The van der Waals surface area contributed by atoms with Crippen LogP contribution in [-0.2, 0) is 0 Å². The van der Waals surface area contributed by atoms with Gasteiger partial charge in [-0.2, -0.15) is 10.5 Å². The zero-order chi connectivity index (χ0) is 11.3. The maximum absolute atomic E-state index is 8.49. The van der Waals surface area contributed by atoms with Gasteiger partial charge in [0.15, 0.2) is 0 Å². The second kappa shape index (κ2) is 5.26. The summed E-state index contributed by atoms with van der Waals surface area (Å²) in [5, 5.41) is 20.7. The van der Waals surface area contributed by atoms with Crippen LogP contribution in [0.4, 0.5) is 5.69 Å². The van der Waals surface area contributed by atoms with Gasteiger partial charge in [-0.25, -0.2) is 0 Å². The zero-order valence-corrected chi connectivity index (χ0v) is 8.97. The van der Waals surface area contributed by atoms with Gasteiger partial charge >= 0.3 is 0 Å². The molecule has 0 aliphatic carbocycles. The maximum Gasteiger partial charge on any atom is 0.145 e. The highest BCUT2D eigenvalue weighted by Gasteiger charge is 1.99. The highest BCUT2D eigenvalue weighted by molar-refractivity contribution is 6.35. The molecule has 1 aromatic carbocycles. The molecule has 5 heteroatoms. The topological polar surface area (TPSA) is 59.6 Å². The van der Waals surface area contributed by atoms with Crippen LogP contribution < -0.4 is 5.32 Å². The van der Waals surface area contributed by atoms with E-state index in [1.165, 1.54) is 6.20 Å². The summed E-state index contributed by atoms with van der Waals surface area (Å²) in [6, 6.07) is 8.31. The summed E-state index contributed by atoms with van der Waals surface area (Å²) in [6.07, 6.45) is 1.28. The number of hydrogen-bond donors (Lipinski definition) is 1. The van der Waals surface area contributed by atoms with Crippen molar-refractivity contribution >= 4 is 28.9 Å². The molecule has 3 nitrogen and oxygen atoms in total. The minimum absolute atomic E-state index is 0.0361. The minimum atomic E-state index is -0.0361. The third kappa shape index (κ3) is 3.18. The van der Waals surface area contributed by atoms with Crippen LogP contribution in [0.25, 0.3) is 0 Å². The summed E-state index contributed by atoms with van der Waals surface area (Å²) in [5.41, 5.74) is 0.512. The van der Waals surface area contributed by atoms with Crippen LogP contribution in [0.5, 0.6) is 0 Å². The summed E-state index contributed by atoms with van der Waals surface area (Å²) >= 11 is 11.6. The fourth-order valence-corrected chi connectivity index (χ4v) is 1.19. The molecule has 0 bridgehead atoms. The summed E-state index contributed by atoms with van der Waals surface area (Å²) < 4.78 is 0. The quantitative estimate of drug-likeness (QED) is 0.803. The van der Waals surface area contributed by atoms with Gasteiger partial charge < -0.3 is 5.32 Å². The predicted molar refractivity (Wildman–Crippen MR) is 59.4 cm³/mol. The lowest BCUT2D eigenvalue weighted by Gasteiger charge is -2.03. The minimum Gasteiger partial charge on any atom is -0.359 e. The van der Waals surface area contributed by atoms with Gasteiger partial charge in [-0.15, -0.1) is 0 Å². The molecule has 15 heavy (non-hydrogen) atoms. The van der Waals surface area contributed by atoms with Crippen molar-refractivity contribution in [3.8, 4) is 12.1 Å². The average Bonchev–Trinajstić information content (AvgIpc) is 2.24. The van der Waals surface area contributed by atoms with Crippen LogP contribution >= 0.6 is 23.2 Å². The smallest absolute Gasteiger partial charge is 0.145 e. The number of nitrogens with zero attached hydrogens (tertiary/aromatic N) is 2. The van der Waals surface area contributed by atoms with E-state index in [9.17, 15) is 0 Å². The monoisotopic (exact) mass is 237 g/mol. The predicted octanol–water partition coefficient (Wildman–Crippen LogP) is 3.34. The first-order valence-electron chi connectivity index (χ1n) is 3.89. The van der Waals surface area contributed by atoms with E-state index in [1.54, 1.807) is 30.3 Å². The Labute approximate surface area is 97.1 Å². The van der Waals surface area contributed by atoms with E-state index in [0.29, 0.717) is 15.7 Å². The Balaban J connectivity index is 2.92. The molecule has 1 aromatic rings. The van der Waals surface area contributed by atoms with Crippen molar-refractivity contribution in [2.45, 2.75) is 0 Å². The van der Waals surface area contributed by atoms with Crippen molar-refractivity contribution in [3.63, 3.8) is 0 Å². The van der Waals surface area contributed by atoms with E-state index in [-0.39, 0.29) is 5.57 Å². The lowest BCUT2D eigenvalue weighted by Crippen LogP contribution is -1.90. The lowest BCUT2D eigenvalue weighted by molar-refractivity contribution is 1.44. The van der Waals surface area contributed by atoms with E-state index in [1.807, 2.05) is 0 Å². The van der Waals surface area contributed by atoms with Crippen molar-refractivity contribution in [1.82, 2.24) is 0 Å². The van der Waals surface area contributed by atoms with E-state index in [0.717, 1.165) is 0 Å². The van der Waals surface area contributed by atoms with E-state index < -0.39 is 0 Å². The zero-order valence-electron chi connectivity index (χ0n) is 7.46. The van der Waals surface area contributed by atoms with Gasteiger partial charge in [-0.05, 0) is 18.2 Å². The molecule has 0 heterocycles. The highest BCUT2D eigenvalue weighted by Crippen LogP contribution is 2.25. The maximum atomic E-state index is 8.49. The van der Waals surface area contributed by atoms with Gasteiger partial charge in [-0.3, -0.25) is 0 Å². The third-order valence-electron chi connectivity index (χ3n) is 1.54. The van der Waals surface area contributed by atoms with Gasteiger partial charge in [0.1, 0.15) is 17.7 Å². The van der Waals surface area contributed by atoms with Crippen molar-refractivity contribution in [2.24, 2.45) is 0 Å². The van der Waals surface area contributed by atoms with Crippen LogP contribution in [0.2, 0.25) is 10.0 Å². The molecule has 1 N–H and O–H groups in total. The van der Waals surface area contributed by atoms with Gasteiger partial charge in [0, 0.05) is 11.2 Å².